The molecule has 1 unspecified atom stereocenters. The lowest BCUT2D eigenvalue weighted by molar-refractivity contribution is 0.412. The van der Waals surface area contributed by atoms with E-state index in [2.05, 4.69) is 26.1 Å². The largest absolute Gasteiger partial charge is 0.312 e. The van der Waals surface area contributed by atoms with Gasteiger partial charge < -0.3 is 5.32 Å². The van der Waals surface area contributed by atoms with Crippen molar-refractivity contribution in [2.24, 2.45) is 11.8 Å². The van der Waals surface area contributed by atoms with E-state index >= 15 is 0 Å². The van der Waals surface area contributed by atoms with E-state index < -0.39 is 11.6 Å². The molecule has 0 saturated heterocycles. The number of halogens is 2. The van der Waals surface area contributed by atoms with E-state index in [1.54, 1.807) is 0 Å². The summed E-state index contributed by atoms with van der Waals surface area (Å²) in [4.78, 5) is 0. The molecule has 0 aliphatic rings. The smallest absolute Gasteiger partial charge is 0.130 e. The molecule has 0 fully saturated rings. The van der Waals surface area contributed by atoms with E-state index in [0.717, 1.165) is 19.0 Å². The van der Waals surface area contributed by atoms with Crippen molar-refractivity contribution in [3.8, 4) is 0 Å². The van der Waals surface area contributed by atoms with Gasteiger partial charge in [-0.3, -0.25) is 0 Å². The molecule has 0 bridgehead atoms. The van der Waals surface area contributed by atoms with Gasteiger partial charge in [-0.1, -0.05) is 26.8 Å². The summed E-state index contributed by atoms with van der Waals surface area (Å²) in [5.41, 5.74) is 0.517. The van der Waals surface area contributed by atoms with Crippen LogP contribution >= 0.6 is 0 Å². The van der Waals surface area contributed by atoms with Crippen molar-refractivity contribution < 1.29 is 8.78 Å². The number of benzene rings is 1. The monoisotopic (exact) mass is 241 g/mol. The summed E-state index contributed by atoms with van der Waals surface area (Å²) in [5, 5.41) is 3.20. The quantitative estimate of drug-likeness (QED) is 0.800. The molecule has 1 N–H and O–H groups in total. The van der Waals surface area contributed by atoms with Gasteiger partial charge in [-0.25, -0.2) is 8.78 Å². The summed E-state index contributed by atoms with van der Waals surface area (Å²) >= 11 is 0. The highest BCUT2D eigenvalue weighted by atomic mass is 19.1. The third-order valence-electron chi connectivity index (χ3n) is 2.70. The highest BCUT2D eigenvalue weighted by molar-refractivity contribution is 5.18. The van der Waals surface area contributed by atoms with Crippen molar-refractivity contribution in [3.05, 3.63) is 35.4 Å². The van der Waals surface area contributed by atoms with Gasteiger partial charge in [0.1, 0.15) is 11.6 Å². The molecule has 0 aliphatic carbocycles. The van der Waals surface area contributed by atoms with Crippen molar-refractivity contribution in [3.63, 3.8) is 0 Å². The second-order valence-electron chi connectivity index (χ2n) is 5.10. The van der Waals surface area contributed by atoms with E-state index in [0.29, 0.717) is 23.9 Å². The minimum Gasteiger partial charge on any atom is -0.312 e. The van der Waals surface area contributed by atoms with Gasteiger partial charge in [0, 0.05) is 18.2 Å². The Morgan fingerprint density at radius 3 is 2.47 bits per heavy atom. The Kier molecular flexibility index (Phi) is 5.56. The van der Waals surface area contributed by atoms with Crippen LogP contribution in [0.5, 0.6) is 0 Å². The maximum Gasteiger partial charge on any atom is 0.130 e. The lowest BCUT2D eigenvalue weighted by Crippen LogP contribution is -2.22. The number of hydrogen-bond donors (Lipinski definition) is 1. The molecule has 0 aliphatic heterocycles. The van der Waals surface area contributed by atoms with Gasteiger partial charge in [-0.2, -0.15) is 0 Å². The Morgan fingerprint density at radius 1 is 1.18 bits per heavy atom. The van der Waals surface area contributed by atoms with Gasteiger partial charge >= 0.3 is 0 Å². The van der Waals surface area contributed by atoms with Gasteiger partial charge in [-0.15, -0.1) is 0 Å². The van der Waals surface area contributed by atoms with Crippen molar-refractivity contribution in [1.82, 2.24) is 5.32 Å². The molecule has 3 heteroatoms. The molecule has 1 aromatic carbocycles. The van der Waals surface area contributed by atoms with Crippen LogP contribution in [-0.4, -0.2) is 6.54 Å². The van der Waals surface area contributed by atoms with Gasteiger partial charge in [0.15, 0.2) is 0 Å². The highest BCUT2D eigenvalue weighted by Crippen LogP contribution is 2.11. The fourth-order valence-corrected chi connectivity index (χ4v) is 2.01. The van der Waals surface area contributed by atoms with Crippen LogP contribution in [0, 0.1) is 23.5 Å². The summed E-state index contributed by atoms with van der Waals surface area (Å²) < 4.78 is 26.0. The van der Waals surface area contributed by atoms with E-state index in [1.165, 1.54) is 12.1 Å². The fourth-order valence-electron chi connectivity index (χ4n) is 2.01. The third-order valence-corrected chi connectivity index (χ3v) is 2.70. The van der Waals surface area contributed by atoms with Crippen LogP contribution in [0.2, 0.25) is 0 Å². The van der Waals surface area contributed by atoms with Crippen LogP contribution in [0.3, 0.4) is 0 Å². The predicted octanol–water partition coefficient (Wildman–Crippen LogP) is 3.74. The average molecular weight is 241 g/mol. The molecule has 1 atom stereocenters. The van der Waals surface area contributed by atoms with Crippen LogP contribution in [0.4, 0.5) is 8.78 Å². The summed E-state index contributed by atoms with van der Waals surface area (Å²) in [5.74, 6) is 0.237. The summed E-state index contributed by atoms with van der Waals surface area (Å²) in [6.45, 7) is 7.86. The molecular formula is C14H21F2N. The lowest BCUT2D eigenvalue weighted by atomic mass is 9.99. The zero-order valence-electron chi connectivity index (χ0n) is 10.8. The number of rotatable bonds is 6. The Bertz CT molecular complexity index is 350. The van der Waals surface area contributed by atoms with Crippen LogP contribution in [0.1, 0.15) is 32.8 Å². The van der Waals surface area contributed by atoms with Crippen LogP contribution in [0.15, 0.2) is 18.2 Å². The molecule has 1 rings (SSSR count). The van der Waals surface area contributed by atoms with Crippen molar-refractivity contribution in [2.75, 3.05) is 6.54 Å². The third kappa shape index (κ3) is 5.26. The van der Waals surface area contributed by atoms with E-state index in [-0.39, 0.29) is 0 Å². The van der Waals surface area contributed by atoms with Crippen LogP contribution in [0.25, 0.3) is 0 Å². The predicted molar refractivity (Wildman–Crippen MR) is 66.7 cm³/mol. The second kappa shape index (κ2) is 6.70. The SMILES string of the molecule is CC(C)CC(C)CNCc1ccc(F)cc1F. The second-order valence-corrected chi connectivity index (χ2v) is 5.10. The Morgan fingerprint density at radius 2 is 1.88 bits per heavy atom. The van der Waals surface area contributed by atoms with Crippen LogP contribution in [-0.2, 0) is 6.54 Å². The van der Waals surface area contributed by atoms with Gasteiger partial charge in [0.2, 0.25) is 0 Å². The highest BCUT2D eigenvalue weighted by Gasteiger charge is 2.06. The maximum absolute atomic E-state index is 13.3. The molecule has 0 spiro atoms. The van der Waals surface area contributed by atoms with Crippen molar-refractivity contribution in [1.29, 1.82) is 0 Å². The first-order chi connectivity index (χ1) is 7.99. The molecule has 1 nitrogen and oxygen atoms in total. The van der Waals surface area contributed by atoms with Gasteiger partial charge in [0.25, 0.3) is 0 Å². The molecule has 1 aromatic rings. The summed E-state index contributed by atoms with van der Waals surface area (Å²) in [6.07, 6.45) is 1.15. The Hall–Kier alpha value is -0.960. The molecular weight excluding hydrogens is 220 g/mol. The number of hydrogen-bond acceptors (Lipinski definition) is 1. The van der Waals surface area contributed by atoms with Crippen molar-refractivity contribution >= 4 is 0 Å². The molecule has 96 valence electrons. The average Bonchev–Trinajstić information content (AvgIpc) is 2.20. The van der Waals surface area contributed by atoms with Gasteiger partial charge in [0.05, 0.1) is 0 Å². The molecule has 0 aromatic heterocycles. The molecule has 0 radical (unpaired) electrons. The summed E-state index contributed by atoms with van der Waals surface area (Å²) in [7, 11) is 0. The molecule has 0 heterocycles. The van der Waals surface area contributed by atoms with Gasteiger partial charge in [-0.05, 0) is 30.9 Å². The molecule has 0 amide bonds. The standard InChI is InChI=1S/C14H21F2N/c1-10(2)6-11(3)8-17-9-12-4-5-13(15)7-14(12)16/h4-5,7,10-11,17H,6,8-9H2,1-3H3. The zero-order valence-corrected chi connectivity index (χ0v) is 10.8. The van der Waals surface area contributed by atoms with E-state index in [4.69, 9.17) is 0 Å². The zero-order chi connectivity index (χ0) is 12.8. The molecule has 17 heavy (non-hydrogen) atoms. The topological polar surface area (TPSA) is 12.0 Å². The van der Waals surface area contributed by atoms with Crippen LogP contribution < -0.4 is 5.32 Å². The lowest BCUT2D eigenvalue weighted by Gasteiger charge is -2.14. The minimum atomic E-state index is -0.528. The Balaban J connectivity index is 2.35. The first-order valence-electron chi connectivity index (χ1n) is 6.13. The fraction of sp³-hybridized carbons (Fsp3) is 0.571. The van der Waals surface area contributed by atoms with Crippen molar-refractivity contribution in [2.45, 2.75) is 33.7 Å². The molecule has 0 saturated carbocycles. The first kappa shape index (κ1) is 14.1. The maximum atomic E-state index is 13.3. The first-order valence-corrected chi connectivity index (χ1v) is 6.13. The number of nitrogens with one attached hydrogen (secondary N) is 1. The van der Waals surface area contributed by atoms with E-state index in [1.807, 2.05) is 0 Å². The van der Waals surface area contributed by atoms with E-state index in [9.17, 15) is 8.78 Å². The minimum absolute atomic E-state index is 0.453. The summed E-state index contributed by atoms with van der Waals surface area (Å²) in [6, 6.07) is 3.71. The normalized spacial score (nSPS) is 13.1. The Labute approximate surface area is 102 Å².